The van der Waals surface area contributed by atoms with Gasteiger partial charge in [0.2, 0.25) is 0 Å². The van der Waals surface area contributed by atoms with Gasteiger partial charge in [-0.05, 0) is 24.3 Å². The second kappa shape index (κ2) is 7.65. The van der Waals surface area contributed by atoms with Crippen LogP contribution in [0, 0.1) is 5.82 Å². The van der Waals surface area contributed by atoms with Crippen molar-refractivity contribution in [1.29, 1.82) is 0 Å². The Kier molecular flexibility index (Phi) is 5.33. The first-order chi connectivity index (χ1) is 12.1. The predicted molar refractivity (Wildman–Crippen MR) is 96.9 cm³/mol. The number of carbonyl (C=O) groups is 1. The van der Waals surface area contributed by atoms with Crippen molar-refractivity contribution in [3.8, 4) is 11.5 Å². The molecule has 0 saturated carbocycles. The van der Waals surface area contributed by atoms with E-state index in [1.807, 2.05) is 12.1 Å². The van der Waals surface area contributed by atoms with Crippen LogP contribution < -0.4 is 14.8 Å². The number of hydrogen-bond donors (Lipinski definition) is 1. The normalized spacial score (nSPS) is 16.6. The number of anilines is 1. The van der Waals surface area contributed by atoms with Crippen molar-refractivity contribution in [3.05, 3.63) is 53.8 Å². The molecule has 7 heteroatoms. The number of rotatable bonds is 4. The number of benzene rings is 2. The van der Waals surface area contributed by atoms with Gasteiger partial charge in [-0.2, -0.15) is 0 Å². The molecule has 1 saturated heterocycles. The number of ether oxygens (including phenoxy) is 2. The fourth-order valence-corrected chi connectivity index (χ4v) is 3.99. The second-order valence-corrected chi connectivity index (χ2v) is 6.62. The SMILES string of the molecule is COc1ccc([C@@H]2SCCN2C(=O)Nc2ccccc2F)c(OC)c1. The molecule has 0 radical (unpaired) electrons. The number of para-hydroxylation sites is 1. The minimum Gasteiger partial charge on any atom is -0.497 e. The quantitative estimate of drug-likeness (QED) is 0.889. The van der Waals surface area contributed by atoms with Crippen molar-refractivity contribution < 1.29 is 18.7 Å². The monoisotopic (exact) mass is 362 g/mol. The Hall–Kier alpha value is -2.41. The van der Waals surface area contributed by atoms with Crippen LogP contribution in [0.25, 0.3) is 0 Å². The molecule has 1 N–H and O–H groups in total. The van der Waals surface area contributed by atoms with E-state index in [2.05, 4.69) is 5.32 Å². The van der Waals surface area contributed by atoms with E-state index in [9.17, 15) is 9.18 Å². The van der Waals surface area contributed by atoms with Crippen molar-refractivity contribution >= 4 is 23.5 Å². The molecule has 1 atom stereocenters. The van der Waals surface area contributed by atoms with Crippen molar-refractivity contribution in [2.75, 3.05) is 31.8 Å². The summed E-state index contributed by atoms with van der Waals surface area (Å²) in [5.41, 5.74) is 1.05. The molecule has 0 unspecified atom stereocenters. The van der Waals surface area contributed by atoms with Crippen molar-refractivity contribution in [3.63, 3.8) is 0 Å². The van der Waals surface area contributed by atoms with Crippen LogP contribution in [-0.4, -0.2) is 37.4 Å². The zero-order valence-electron chi connectivity index (χ0n) is 14.0. The number of methoxy groups -OCH3 is 2. The Morgan fingerprint density at radius 3 is 2.76 bits per heavy atom. The topological polar surface area (TPSA) is 50.8 Å². The standard InChI is InChI=1S/C18H19FN2O3S/c1-23-12-7-8-13(16(11-12)24-2)17-21(9-10-25-17)18(22)20-15-6-4-3-5-14(15)19/h3-8,11,17H,9-10H2,1-2H3,(H,20,22)/t17-/m0/s1. The van der Waals surface area contributed by atoms with E-state index in [4.69, 9.17) is 9.47 Å². The molecule has 2 amide bonds. The summed E-state index contributed by atoms with van der Waals surface area (Å²) in [6.07, 6.45) is 0. The number of thioether (sulfide) groups is 1. The predicted octanol–water partition coefficient (Wildman–Crippen LogP) is 4.12. The minimum atomic E-state index is -0.457. The Balaban J connectivity index is 1.83. The first-order valence-electron chi connectivity index (χ1n) is 7.79. The van der Waals surface area contributed by atoms with Crippen molar-refractivity contribution in [2.24, 2.45) is 0 Å². The fraction of sp³-hybridized carbons (Fsp3) is 0.278. The molecule has 3 rings (SSSR count). The third-order valence-corrected chi connectivity index (χ3v) is 5.22. The number of hydrogen-bond acceptors (Lipinski definition) is 4. The van der Waals surface area contributed by atoms with Crippen LogP contribution in [0.2, 0.25) is 0 Å². The summed E-state index contributed by atoms with van der Waals surface area (Å²) in [7, 11) is 3.18. The largest absolute Gasteiger partial charge is 0.497 e. The summed E-state index contributed by atoms with van der Waals surface area (Å²) in [4.78, 5) is 14.3. The van der Waals surface area contributed by atoms with E-state index in [1.165, 1.54) is 6.07 Å². The average Bonchev–Trinajstić information content (AvgIpc) is 3.12. The number of amides is 2. The molecule has 5 nitrogen and oxygen atoms in total. The number of nitrogens with one attached hydrogen (secondary N) is 1. The maximum absolute atomic E-state index is 13.8. The summed E-state index contributed by atoms with van der Waals surface area (Å²) in [6, 6.07) is 11.3. The lowest BCUT2D eigenvalue weighted by atomic mass is 10.1. The molecule has 1 fully saturated rings. The molecule has 0 aliphatic carbocycles. The van der Waals surface area contributed by atoms with Gasteiger partial charge in [-0.25, -0.2) is 9.18 Å². The minimum absolute atomic E-state index is 0.171. The Labute approximate surface area is 150 Å². The second-order valence-electron chi connectivity index (χ2n) is 5.43. The number of halogens is 1. The Morgan fingerprint density at radius 2 is 2.04 bits per heavy atom. The van der Waals surface area contributed by atoms with Crippen LogP contribution in [0.5, 0.6) is 11.5 Å². The lowest BCUT2D eigenvalue weighted by molar-refractivity contribution is 0.213. The summed E-state index contributed by atoms with van der Waals surface area (Å²) in [6.45, 7) is 0.574. The molecule has 2 aromatic carbocycles. The maximum atomic E-state index is 13.8. The summed E-state index contributed by atoms with van der Waals surface area (Å²) < 4.78 is 24.5. The zero-order valence-corrected chi connectivity index (χ0v) is 14.8. The third kappa shape index (κ3) is 3.66. The third-order valence-electron chi connectivity index (χ3n) is 3.97. The molecular formula is C18H19FN2O3S. The van der Waals surface area contributed by atoms with E-state index in [0.717, 1.165) is 11.3 Å². The van der Waals surface area contributed by atoms with Gasteiger partial charge in [-0.1, -0.05) is 12.1 Å². The maximum Gasteiger partial charge on any atom is 0.323 e. The van der Waals surface area contributed by atoms with Crippen LogP contribution in [0.1, 0.15) is 10.9 Å². The van der Waals surface area contributed by atoms with E-state index in [-0.39, 0.29) is 17.1 Å². The zero-order chi connectivity index (χ0) is 17.8. The summed E-state index contributed by atoms with van der Waals surface area (Å²) in [5.74, 6) is 1.68. The van der Waals surface area contributed by atoms with Gasteiger partial charge in [0.1, 0.15) is 22.7 Å². The van der Waals surface area contributed by atoms with E-state index in [0.29, 0.717) is 18.0 Å². The first kappa shape index (κ1) is 17.4. The Morgan fingerprint density at radius 1 is 1.24 bits per heavy atom. The van der Waals surface area contributed by atoms with Crippen molar-refractivity contribution in [1.82, 2.24) is 4.90 Å². The molecule has 2 aromatic rings. The molecule has 0 bridgehead atoms. The number of carbonyl (C=O) groups excluding carboxylic acids is 1. The van der Waals surface area contributed by atoms with Crippen LogP contribution in [0.4, 0.5) is 14.9 Å². The Bertz CT molecular complexity index is 772. The summed E-state index contributed by atoms with van der Waals surface area (Å²) in [5, 5.41) is 2.44. The van der Waals surface area contributed by atoms with E-state index >= 15 is 0 Å². The average molecular weight is 362 g/mol. The van der Waals surface area contributed by atoms with Crippen LogP contribution >= 0.6 is 11.8 Å². The van der Waals surface area contributed by atoms with Gasteiger partial charge >= 0.3 is 6.03 Å². The molecule has 132 valence electrons. The van der Waals surface area contributed by atoms with Crippen molar-refractivity contribution in [2.45, 2.75) is 5.37 Å². The van der Waals surface area contributed by atoms with Crippen LogP contribution in [0.3, 0.4) is 0 Å². The van der Waals surface area contributed by atoms with Gasteiger partial charge in [0.15, 0.2) is 0 Å². The van der Waals surface area contributed by atoms with E-state index < -0.39 is 5.82 Å². The highest BCUT2D eigenvalue weighted by atomic mass is 32.2. The van der Waals surface area contributed by atoms with E-state index in [1.54, 1.807) is 55.1 Å². The highest BCUT2D eigenvalue weighted by molar-refractivity contribution is 7.99. The van der Waals surface area contributed by atoms with Gasteiger partial charge in [-0.3, -0.25) is 0 Å². The fourth-order valence-electron chi connectivity index (χ4n) is 2.71. The van der Waals surface area contributed by atoms with Gasteiger partial charge in [-0.15, -0.1) is 11.8 Å². The lowest BCUT2D eigenvalue weighted by Crippen LogP contribution is -2.34. The van der Waals surface area contributed by atoms with Gasteiger partial charge < -0.3 is 19.7 Å². The van der Waals surface area contributed by atoms with Gasteiger partial charge in [0.25, 0.3) is 0 Å². The molecule has 0 spiro atoms. The van der Waals surface area contributed by atoms with Crippen LogP contribution in [0.15, 0.2) is 42.5 Å². The molecule has 25 heavy (non-hydrogen) atoms. The highest BCUT2D eigenvalue weighted by Crippen LogP contribution is 2.43. The molecule has 1 aliphatic rings. The molecule has 0 aromatic heterocycles. The summed E-state index contributed by atoms with van der Waals surface area (Å²) >= 11 is 1.64. The molecular weight excluding hydrogens is 343 g/mol. The first-order valence-corrected chi connectivity index (χ1v) is 8.84. The van der Waals surface area contributed by atoms with Gasteiger partial charge in [0, 0.05) is 23.9 Å². The number of nitrogens with zero attached hydrogens (tertiary/aromatic N) is 1. The lowest BCUT2D eigenvalue weighted by Gasteiger charge is -2.26. The molecule has 1 aliphatic heterocycles. The molecule has 1 heterocycles. The van der Waals surface area contributed by atoms with Crippen LogP contribution in [-0.2, 0) is 0 Å². The number of urea groups is 1. The van der Waals surface area contributed by atoms with Gasteiger partial charge in [0.05, 0.1) is 19.9 Å². The smallest absolute Gasteiger partial charge is 0.323 e. The highest BCUT2D eigenvalue weighted by Gasteiger charge is 2.33.